The Morgan fingerprint density at radius 1 is 1.85 bits per heavy atom. The highest BCUT2D eigenvalue weighted by atomic mass is 19.1. The van der Waals surface area contributed by atoms with Crippen LogP contribution in [0.25, 0.3) is 0 Å². The number of hydrazine groups is 1. The van der Waals surface area contributed by atoms with Crippen molar-refractivity contribution < 1.29 is 8.81 Å². The van der Waals surface area contributed by atoms with Crippen LogP contribution in [0.2, 0.25) is 0 Å². The molecule has 1 heterocycles. The Labute approximate surface area is 76.1 Å². The largest absolute Gasteiger partial charge is 0.472 e. The topological polar surface area (TPSA) is 51.2 Å². The van der Waals surface area contributed by atoms with Gasteiger partial charge in [0.05, 0.1) is 18.6 Å². The lowest BCUT2D eigenvalue weighted by Gasteiger charge is -2.20. The molecule has 3 unspecified atom stereocenters. The van der Waals surface area contributed by atoms with Gasteiger partial charge in [-0.2, -0.15) is 0 Å². The molecule has 3 atom stereocenters. The van der Waals surface area contributed by atoms with E-state index in [1.807, 2.05) is 6.92 Å². The molecule has 3 N–H and O–H groups in total. The lowest BCUT2D eigenvalue weighted by Crippen LogP contribution is -2.34. The number of furan rings is 1. The van der Waals surface area contributed by atoms with Crippen LogP contribution in [0.3, 0.4) is 0 Å². The quantitative estimate of drug-likeness (QED) is 0.553. The molecule has 1 aliphatic carbocycles. The minimum atomic E-state index is -0.761. The first-order valence-electron chi connectivity index (χ1n) is 4.31. The van der Waals surface area contributed by atoms with Gasteiger partial charge in [0.2, 0.25) is 0 Å². The molecule has 1 aliphatic rings. The van der Waals surface area contributed by atoms with Crippen LogP contribution < -0.4 is 11.3 Å². The van der Waals surface area contributed by atoms with E-state index < -0.39 is 6.17 Å². The molecule has 1 fully saturated rings. The van der Waals surface area contributed by atoms with Crippen LogP contribution in [-0.4, -0.2) is 6.17 Å². The standard InChI is InChI=1S/C9H13FN2O/c1-9(4-7(9)10)8(12-11)6-2-3-13-5-6/h2-3,5,7-8,12H,4,11H2,1H3. The van der Waals surface area contributed by atoms with Crippen LogP contribution in [0, 0.1) is 5.41 Å². The number of nitrogens with two attached hydrogens (primary N) is 1. The predicted molar refractivity (Wildman–Crippen MR) is 46.4 cm³/mol. The van der Waals surface area contributed by atoms with Gasteiger partial charge in [-0.25, -0.2) is 4.39 Å². The van der Waals surface area contributed by atoms with Crippen molar-refractivity contribution in [3.8, 4) is 0 Å². The van der Waals surface area contributed by atoms with Gasteiger partial charge in [-0.1, -0.05) is 6.92 Å². The monoisotopic (exact) mass is 184 g/mol. The maximum absolute atomic E-state index is 13.1. The molecule has 1 saturated carbocycles. The summed E-state index contributed by atoms with van der Waals surface area (Å²) in [5.41, 5.74) is 3.18. The molecular weight excluding hydrogens is 171 g/mol. The molecule has 13 heavy (non-hydrogen) atoms. The number of rotatable bonds is 3. The molecule has 0 amide bonds. The van der Waals surface area contributed by atoms with Gasteiger partial charge >= 0.3 is 0 Å². The van der Waals surface area contributed by atoms with E-state index in [9.17, 15) is 4.39 Å². The van der Waals surface area contributed by atoms with E-state index in [1.54, 1.807) is 18.6 Å². The first-order valence-corrected chi connectivity index (χ1v) is 4.31. The van der Waals surface area contributed by atoms with E-state index in [1.165, 1.54) is 0 Å². The zero-order valence-corrected chi connectivity index (χ0v) is 7.46. The van der Waals surface area contributed by atoms with E-state index in [0.29, 0.717) is 6.42 Å². The van der Waals surface area contributed by atoms with Gasteiger partial charge in [-0.15, -0.1) is 0 Å². The van der Waals surface area contributed by atoms with Crippen molar-refractivity contribution in [2.45, 2.75) is 25.6 Å². The summed E-state index contributed by atoms with van der Waals surface area (Å²) in [7, 11) is 0. The van der Waals surface area contributed by atoms with Crippen LogP contribution >= 0.6 is 0 Å². The van der Waals surface area contributed by atoms with Crippen molar-refractivity contribution in [1.82, 2.24) is 5.43 Å². The third-order valence-electron chi connectivity index (χ3n) is 2.88. The van der Waals surface area contributed by atoms with Crippen LogP contribution in [0.1, 0.15) is 24.9 Å². The molecule has 0 spiro atoms. The number of hydrogen-bond acceptors (Lipinski definition) is 3. The molecule has 0 aliphatic heterocycles. The third kappa shape index (κ3) is 1.26. The average Bonchev–Trinajstić information content (AvgIpc) is 2.56. The molecule has 2 rings (SSSR count). The van der Waals surface area contributed by atoms with E-state index >= 15 is 0 Å². The summed E-state index contributed by atoms with van der Waals surface area (Å²) in [6.45, 7) is 1.88. The first kappa shape index (κ1) is 8.72. The Balaban J connectivity index is 2.20. The SMILES string of the molecule is CC1(C(NN)c2ccoc2)CC1F. The summed E-state index contributed by atoms with van der Waals surface area (Å²) < 4.78 is 18.0. The zero-order chi connectivity index (χ0) is 9.47. The summed E-state index contributed by atoms with van der Waals surface area (Å²) in [6, 6.07) is 1.65. The predicted octanol–water partition coefficient (Wildman–Crippen LogP) is 1.53. The maximum Gasteiger partial charge on any atom is 0.108 e. The van der Waals surface area contributed by atoms with Gasteiger partial charge in [0.1, 0.15) is 6.17 Å². The highest BCUT2D eigenvalue weighted by Crippen LogP contribution is 2.56. The van der Waals surface area contributed by atoms with Crippen molar-refractivity contribution in [3.63, 3.8) is 0 Å². The van der Waals surface area contributed by atoms with Crippen molar-refractivity contribution in [2.24, 2.45) is 11.3 Å². The Morgan fingerprint density at radius 2 is 2.54 bits per heavy atom. The van der Waals surface area contributed by atoms with E-state index in [4.69, 9.17) is 10.3 Å². The summed E-state index contributed by atoms with van der Waals surface area (Å²) >= 11 is 0. The fraction of sp³-hybridized carbons (Fsp3) is 0.556. The minimum absolute atomic E-state index is 0.152. The van der Waals surface area contributed by atoms with Gasteiger partial charge in [0.15, 0.2) is 0 Å². The lowest BCUT2D eigenvalue weighted by molar-refractivity contribution is 0.294. The zero-order valence-electron chi connectivity index (χ0n) is 7.46. The van der Waals surface area contributed by atoms with Crippen LogP contribution in [0.5, 0.6) is 0 Å². The van der Waals surface area contributed by atoms with Gasteiger partial charge in [0.25, 0.3) is 0 Å². The Kier molecular flexibility index (Phi) is 1.89. The first-order chi connectivity index (χ1) is 6.18. The Morgan fingerprint density at radius 3 is 2.92 bits per heavy atom. The second-order valence-corrected chi connectivity index (χ2v) is 3.83. The van der Waals surface area contributed by atoms with Crippen molar-refractivity contribution in [2.75, 3.05) is 0 Å². The molecule has 1 aromatic rings. The summed E-state index contributed by atoms with van der Waals surface area (Å²) in [6.07, 6.45) is 2.97. The number of alkyl halides is 1. The van der Waals surface area contributed by atoms with Gasteiger partial charge in [0, 0.05) is 11.0 Å². The summed E-state index contributed by atoms with van der Waals surface area (Å²) in [5.74, 6) is 5.39. The van der Waals surface area contributed by atoms with Crippen LogP contribution in [-0.2, 0) is 0 Å². The molecular formula is C9H13FN2O. The van der Waals surface area contributed by atoms with Gasteiger partial charge < -0.3 is 4.42 Å². The lowest BCUT2D eigenvalue weighted by atomic mass is 9.94. The second kappa shape index (κ2) is 2.82. The van der Waals surface area contributed by atoms with Crippen molar-refractivity contribution in [1.29, 1.82) is 0 Å². The number of hydrogen-bond donors (Lipinski definition) is 2. The molecule has 4 heteroatoms. The highest BCUT2D eigenvalue weighted by molar-refractivity contribution is 5.21. The molecule has 0 saturated heterocycles. The average molecular weight is 184 g/mol. The maximum atomic E-state index is 13.1. The normalized spacial score (nSPS) is 34.5. The van der Waals surface area contributed by atoms with Gasteiger partial charge in [-0.3, -0.25) is 11.3 Å². The summed E-state index contributed by atoms with van der Waals surface area (Å²) in [4.78, 5) is 0. The second-order valence-electron chi connectivity index (χ2n) is 3.83. The van der Waals surface area contributed by atoms with Crippen molar-refractivity contribution in [3.05, 3.63) is 24.2 Å². The molecule has 3 nitrogen and oxygen atoms in total. The van der Waals surface area contributed by atoms with Crippen molar-refractivity contribution >= 4 is 0 Å². The fourth-order valence-corrected chi connectivity index (χ4v) is 1.73. The molecule has 0 aromatic carbocycles. The molecule has 0 bridgehead atoms. The minimum Gasteiger partial charge on any atom is -0.472 e. The van der Waals surface area contributed by atoms with Crippen LogP contribution in [0.4, 0.5) is 4.39 Å². The number of nitrogens with one attached hydrogen (secondary N) is 1. The van der Waals surface area contributed by atoms with E-state index in [0.717, 1.165) is 5.56 Å². The Bertz CT molecular complexity index is 288. The van der Waals surface area contributed by atoms with E-state index in [2.05, 4.69) is 5.43 Å². The van der Waals surface area contributed by atoms with Gasteiger partial charge in [-0.05, 0) is 12.5 Å². The molecule has 72 valence electrons. The summed E-state index contributed by atoms with van der Waals surface area (Å²) in [5, 5.41) is 0. The third-order valence-corrected chi connectivity index (χ3v) is 2.88. The van der Waals surface area contributed by atoms with E-state index in [-0.39, 0.29) is 11.5 Å². The highest BCUT2D eigenvalue weighted by Gasteiger charge is 2.56. The fourth-order valence-electron chi connectivity index (χ4n) is 1.73. The molecule has 1 aromatic heterocycles. The van der Waals surface area contributed by atoms with Crippen LogP contribution in [0.15, 0.2) is 23.0 Å². The molecule has 0 radical (unpaired) electrons. The number of halogens is 1. The Hall–Kier alpha value is -0.870. The smallest absolute Gasteiger partial charge is 0.108 e.